The summed E-state index contributed by atoms with van der Waals surface area (Å²) in [7, 11) is 1.69. The second-order valence-electron chi connectivity index (χ2n) is 6.38. The first-order valence-electron chi connectivity index (χ1n) is 9.63. The molecule has 1 amide bonds. The van der Waals surface area contributed by atoms with Gasteiger partial charge >= 0.3 is 0 Å². The van der Waals surface area contributed by atoms with Crippen molar-refractivity contribution < 1.29 is 9.53 Å². The topological polar surface area (TPSA) is 74.8 Å². The van der Waals surface area contributed by atoms with Crippen LogP contribution in [0.25, 0.3) is 0 Å². The predicted molar refractivity (Wildman–Crippen MR) is 115 cm³/mol. The van der Waals surface area contributed by atoms with Gasteiger partial charge in [0.25, 0.3) is 0 Å². The van der Waals surface area contributed by atoms with Gasteiger partial charge < -0.3 is 20.7 Å². The highest BCUT2D eigenvalue weighted by molar-refractivity contribution is 5.88. The Morgan fingerprint density at radius 1 is 1.04 bits per heavy atom. The number of nitrogens with one attached hydrogen (secondary N) is 3. The van der Waals surface area contributed by atoms with Crippen LogP contribution in [0.4, 0.5) is 5.69 Å². The Morgan fingerprint density at radius 3 is 2.46 bits per heavy atom. The van der Waals surface area contributed by atoms with E-state index < -0.39 is 0 Å². The smallest absolute Gasteiger partial charge is 0.221 e. The van der Waals surface area contributed by atoms with Gasteiger partial charge in [0.05, 0.1) is 7.11 Å². The lowest BCUT2D eigenvalue weighted by atomic mass is 10.1. The van der Waals surface area contributed by atoms with E-state index in [9.17, 15) is 4.79 Å². The lowest BCUT2D eigenvalue weighted by Gasteiger charge is -2.12. The van der Waals surface area contributed by atoms with Gasteiger partial charge in [-0.3, -0.25) is 9.79 Å². The van der Waals surface area contributed by atoms with Crippen molar-refractivity contribution in [2.24, 2.45) is 4.99 Å². The van der Waals surface area contributed by atoms with Crippen LogP contribution >= 0.6 is 0 Å². The molecular weight excluding hydrogens is 352 g/mol. The maximum atomic E-state index is 11.1. The van der Waals surface area contributed by atoms with Crippen molar-refractivity contribution in [3.8, 4) is 5.75 Å². The molecule has 2 rings (SSSR count). The molecule has 6 nitrogen and oxygen atoms in total. The average Bonchev–Trinajstić information content (AvgIpc) is 2.69. The molecule has 0 saturated heterocycles. The molecule has 0 aliphatic heterocycles. The summed E-state index contributed by atoms with van der Waals surface area (Å²) in [5.74, 6) is 1.65. The van der Waals surface area contributed by atoms with E-state index in [1.54, 1.807) is 7.11 Å². The number of methoxy groups -OCH3 is 1. The second-order valence-corrected chi connectivity index (χ2v) is 6.38. The summed E-state index contributed by atoms with van der Waals surface area (Å²) in [6.45, 7) is 5.83. The number of hydrogen-bond acceptors (Lipinski definition) is 3. The van der Waals surface area contributed by atoms with Gasteiger partial charge in [0, 0.05) is 32.2 Å². The molecule has 28 heavy (non-hydrogen) atoms. The summed E-state index contributed by atoms with van der Waals surface area (Å²) in [4.78, 5) is 15.7. The van der Waals surface area contributed by atoms with Crippen molar-refractivity contribution in [1.29, 1.82) is 0 Å². The molecule has 0 aliphatic rings. The number of anilines is 1. The average molecular weight is 383 g/mol. The van der Waals surface area contributed by atoms with Crippen LogP contribution in [0.3, 0.4) is 0 Å². The molecule has 3 N–H and O–H groups in total. The van der Waals surface area contributed by atoms with Gasteiger partial charge in [0.2, 0.25) is 5.91 Å². The number of hydrogen-bond donors (Lipinski definition) is 3. The zero-order valence-corrected chi connectivity index (χ0v) is 16.9. The van der Waals surface area contributed by atoms with E-state index in [0.29, 0.717) is 6.54 Å². The van der Waals surface area contributed by atoms with Crippen LogP contribution in [-0.4, -0.2) is 38.6 Å². The number of nitrogens with zero attached hydrogens (tertiary/aromatic N) is 1. The molecule has 0 aromatic heterocycles. The number of carbonyl (C=O) groups is 1. The minimum absolute atomic E-state index is 0.0611. The van der Waals surface area contributed by atoms with E-state index in [4.69, 9.17) is 4.74 Å². The van der Waals surface area contributed by atoms with E-state index in [-0.39, 0.29) is 5.91 Å². The molecule has 0 radical (unpaired) electrons. The third kappa shape index (κ3) is 7.31. The molecule has 6 heteroatoms. The van der Waals surface area contributed by atoms with Crippen LogP contribution in [0.2, 0.25) is 0 Å². The van der Waals surface area contributed by atoms with Gasteiger partial charge in [0.15, 0.2) is 5.96 Å². The monoisotopic (exact) mass is 382 g/mol. The van der Waals surface area contributed by atoms with Gasteiger partial charge in [-0.05, 0) is 49.1 Å². The third-order valence-corrected chi connectivity index (χ3v) is 4.17. The van der Waals surface area contributed by atoms with Crippen LogP contribution < -0.4 is 20.7 Å². The first kappa shape index (κ1) is 21.3. The molecule has 0 heterocycles. The van der Waals surface area contributed by atoms with Crippen molar-refractivity contribution in [1.82, 2.24) is 10.6 Å². The molecule has 2 aromatic carbocycles. The first-order valence-corrected chi connectivity index (χ1v) is 9.63. The quantitative estimate of drug-likeness (QED) is 0.460. The SMILES string of the molecule is CCNC(=NCCc1ccccc1OC)NCCc1ccc(NC(C)=O)cc1. The van der Waals surface area contributed by atoms with Crippen molar-refractivity contribution in [3.63, 3.8) is 0 Å². The molecule has 150 valence electrons. The maximum Gasteiger partial charge on any atom is 0.221 e. The zero-order valence-electron chi connectivity index (χ0n) is 16.9. The first-order chi connectivity index (χ1) is 13.6. The largest absolute Gasteiger partial charge is 0.496 e. The van der Waals surface area contributed by atoms with E-state index in [1.807, 2.05) is 42.5 Å². The lowest BCUT2D eigenvalue weighted by molar-refractivity contribution is -0.114. The van der Waals surface area contributed by atoms with Gasteiger partial charge in [-0.25, -0.2) is 0 Å². The summed E-state index contributed by atoms with van der Waals surface area (Å²) < 4.78 is 5.39. The maximum absolute atomic E-state index is 11.1. The molecule has 0 aliphatic carbocycles. The lowest BCUT2D eigenvalue weighted by Crippen LogP contribution is -2.38. The molecule has 0 atom stereocenters. The van der Waals surface area contributed by atoms with Crippen LogP contribution in [0.1, 0.15) is 25.0 Å². The van der Waals surface area contributed by atoms with E-state index in [0.717, 1.165) is 48.9 Å². The molecule has 0 spiro atoms. The summed E-state index contributed by atoms with van der Waals surface area (Å²) in [6, 6.07) is 15.9. The molecule has 0 unspecified atom stereocenters. The highest BCUT2D eigenvalue weighted by atomic mass is 16.5. The van der Waals surface area contributed by atoms with Crippen LogP contribution in [0, 0.1) is 0 Å². The Bertz CT molecular complexity index is 772. The number of aliphatic imine (C=N–C) groups is 1. The number of amides is 1. The Hall–Kier alpha value is -3.02. The Kier molecular flexibility index (Phi) is 8.85. The fraction of sp³-hybridized carbons (Fsp3) is 0.364. The van der Waals surface area contributed by atoms with Gasteiger partial charge in [-0.1, -0.05) is 30.3 Å². The van der Waals surface area contributed by atoms with E-state index in [2.05, 4.69) is 33.9 Å². The highest BCUT2D eigenvalue weighted by Crippen LogP contribution is 2.17. The van der Waals surface area contributed by atoms with Crippen LogP contribution in [0.5, 0.6) is 5.75 Å². The van der Waals surface area contributed by atoms with Gasteiger partial charge in [0.1, 0.15) is 5.75 Å². The Morgan fingerprint density at radius 2 is 1.79 bits per heavy atom. The summed E-state index contributed by atoms with van der Waals surface area (Å²) in [5, 5.41) is 9.42. The molecule has 2 aromatic rings. The number of benzene rings is 2. The number of carbonyl (C=O) groups excluding carboxylic acids is 1. The molecule has 0 fully saturated rings. The minimum atomic E-state index is -0.0611. The third-order valence-electron chi connectivity index (χ3n) is 4.17. The van der Waals surface area contributed by atoms with Gasteiger partial charge in [-0.15, -0.1) is 0 Å². The minimum Gasteiger partial charge on any atom is -0.496 e. The number of rotatable bonds is 9. The number of guanidine groups is 1. The van der Waals surface area contributed by atoms with Crippen LogP contribution in [0.15, 0.2) is 53.5 Å². The van der Waals surface area contributed by atoms with Crippen molar-refractivity contribution >= 4 is 17.6 Å². The molecular formula is C22H30N4O2. The second kappa shape index (κ2) is 11.6. The Labute approximate surface area is 167 Å². The van der Waals surface area contributed by atoms with Crippen LogP contribution in [-0.2, 0) is 17.6 Å². The normalized spacial score (nSPS) is 11.0. The van der Waals surface area contributed by atoms with E-state index in [1.165, 1.54) is 12.5 Å². The summed E-state index contributed by atoms with van der Waals surface area (Å²) >= 11 is 0. The molecule has 0 bridgehead atoms. The van der Waals surface area contributed by atoms with E-state index >= 15 is 0 Å². The fourth-order valence-corrected chi connectivity index (χ4v) is 2.82. The fourth-order valence-electron chi connectivity index (χ4n) is 2.82. The highest BCUT2D eigenvalue weighted by Gasteiger charge is 2.02. The zero-order chi connectivity index (χ0) is 20.2. The van der Waals surface area contributed by atoms with Crippen molar-refractivity contribution in [2.45, 2.75) is 26.7 Å². The van der Waals surface area contributed by atoms with Gasteiger partial charge in [-0.2, -0.15) is 0 Å². The molecule has 0 saturated carbocycles. The predicted octanol–water partition coefficient (Wildman–Crippen LogP) is 2.99. The van der Waals surface area contributed by atoms with Crippen molar-refractivity contribution in [3.05, 3.63) is 59.7 Å². The Balaban J connectivity index is 1.83. The number of ether oxygens (including phenoxy) is 1. The summed E-state index contributed by atoms with van der Waals surface area (Å²) in [6.07, 6.45) is 1.70. The van der Waals surface area contributed by atoms with Crippen molar-refractivity contribution in [2.75, 3.05) is 32.1 Å². The standard InChI is InChI=1S/C22H30N4O2/c1-4-23-22(25-16-14-19-7-5-6-8-21(19)28-3)24-15-13-18-9-11-20(12-10-18)26-17(2)27/h5-12H,4,13-16H2,1-3H3,(H,26,27)(H2,23,24,25). The number of para-hydroxylation sites is 1. The summed E-state index contributed by atoms with van der Waals surface area (Å²) in [5.41, 5.74) is 3.17.